The molecule has 0 aliphatic carbocycles. The summed E-state index contributed by atoms with van der Waals surface area (Å²) in [5, 5.41) is 3.38. The second-order valence-corrected chi connectivity index (χ2v) is 5.62. The molecule has 1 aromatic rings. The largest absolute Gasteiger partial charge is 0.371 e. The minimum atomic E-state index is 0.812. The lowest BCUT2D eigenvalue weighted by Gasteiger charge is -2.27. The summed E-state index contributed by atoms with van der Waals surface area (Å²) < 4.78 is 0. The first-order chi connectivity index (χ1) is 10.3. The van der Waals surface area contributed by atoms with Crippen LogP contribution in [0.3, 0.4) is 0 Å². The van der Waals surface area contributed by atoms with E-state index in [9.17, 15) is 0 Å². The Morgan fingerprint density at radius 1 is 1.29 bits per heavy atom. The molecule has 1 aliphatic rings. The van der Waals surface area contributed by atoms with E-state index < -0.39 is 0 Å². The van der Waals surface area contributed by atoms with Crippen LogP contribution in [0.2, 0.25) is 0 Å². The third-order valence-electron chi connectivity index (χ3n) is 4.12. The number of hydrogen-bond acceptors (Lipinski definition) is 3. The van der Waals surface area contributed by atoms with Crippen molar-refractivity contribution in [1.82, 2.24) is 4.98 Å². The molecule has 1 aliphatic heterocycles. The summed E-state index contributed by atoms with van der Waals surface area (Å²) in [5.74, 6) is 1.91. The first-order valence-corrected chi connectivity index (χ1v) is 8.73. The molecule has 1 atom stereocenters. The van der Waals surface area contributed by atoms with E-state index in [4.69, 9.17) is 0 Å². The normalized spacial score (nSPS) is 13.8. The molecule has 1 aromatic heterocycles. The first kappa shape index (κ1) is 17.8. The SMILES string of the molecule is CC.CCCN(CCC(C)CC)c1ccnc2c1CCN2. The van der Waals surface area contributed by atoms with Crippen molar-refractivity contribution < 1.29 is 0 Å². The average Bonchev–Trinajstić information content (AvgIpc) is 3.01. The summed E-state index contributed by atoms with van der Waals surface area (Å²) in [6.45, 7) is 14.2. The molecule has 1 N–H and O–H groups in total. The smallest absolute Gasteiger partial charge is 0.131 e. The molecule has 2 rings (SSSR count). The van der Waals surface area contributed by atoms with E-state index >= 15 is 0 Å². The van der Waals surface area contributed by atoms with Crippen LogP contribution >= 0.6 is 0 Å². The van der Waals surface area contributed by atoms with Gasteiger partial charge in [-0.05, 0) is 31.2 Å². The van der Waals surface area contributed by atoms with Crippen LogP contribution in [-0.2, 0) is 6.42 Å². The molecule has 0 amide bonds. The molecular weight excluding hydrogens is 258 g/mol. The Morgan fingerprint density at radius 3 is 2.71 bits per heavy atom. The van der Waals surface area contributed by atoms with Crippen LogP contribution in [0.1, 0.15) is 59.4 Å². The lowest BCUT2D eigenvalue weighted by molar-refractivity contribution is 0.509. The minimum Gasteiger partial charge on any atom is -0.371 e. The number of aromatic nitrogens is 1. The van der Waals surface area contributed by atoms with Gasteiger partial charge in [-0.3, -0.25) is 0 Å². The molecule has 0 fully saturated rings. The highest BCUT2D eigenvalue weighted by molar-refractivity contribution is 5.65. The van der Waals surface area contributed by atoms with Gasteiger partial charge in [-0.25, -0.2) is 4.98 Å². The molecule has 0 saturated heterocycles. The lowest BCUT2D eigenvalue weighted by atomic mass is 10.0. The lowest BCUT2D eigenvalue weighted by Crippen LogP contribution is -2.27. The third kappa shape index (κ3) is 4.90. The molecule has 3 heteroatoms. The summed E-state index contributed by atoms with van der Waals surface area (Å²) in [7, 11) is 0. The van der Waals surface area contributed by atoms with Crippen LogP contribution in [-0.4, -0.2) is 24.6 Å². The molecule has 2 heterocycles. The van der Waals surface area contributed by atoms with Crippen LogP contribution in [0.25, 0.3) is 0 Å². The van der Waals surface area contributed by atoms with Gasteiger partial charge >= 0.3 is 0 Å². The number of nitrogens with one attached hydrogen (secondary N) is 1. The van der Waals surface area contributed by atoms with Crippen molar-refractivity contribution in [1.29, 1.82) is 0 Å². The molecule has 0 radical (unpaired) electrons. The second-order valence-electron chi connectivity index (χ2n) is 5.62. The second kappa shape index (κ2) is 9.64. The van der Waals surface area contributed by atoms with Crippen molar-refractivity contribution >= 4 is 11.5 Å². The molecule has 0 aromatic carbocycles. The van der Waals surface area contributed by atoms with E-state index in [2.05, 4.69) is 42.0 Å². The predicted octanol–water partition coefficient (Wildman–Crippen LogP) is 4.73. The summed E-state index contributed by atoms with van der Waals surface area (Å²) in [6.07, 6.45) is 6.81. The fraction of sp³-hybridized carbons (Fsp3) is 0.722. The number of pyridine rings is 1. The van der Waals surface area contributed by atoms with Crippen molar-refractivity contribution in [2.75, 3.05) is 29.9 Å². The van der Waals surface area contributed by atoms with E-state index in [0.29, 0.717) is 0 Å². The molecule has 0 bridgehead atoms. The van der Waals surface area contributed by atoms with Gasteiger partial charge in [-0.1, -0.05) is 41.0 Å². The van der Waals surface area contributed by atoms with Gasteiger partial charge in [-0.2, -0.15) is 0 Å². The van der Waals surface area contributed by atoms with Gasteiger partial charge in [0.1, 0.15) is 5.82 Å². The topological polar surface area (TPSA) is 28.2 Å². The van der Waals surface area contributed by atoms with E-state index in [0.717, 1.165) is 31.2 Å². The molecular formula is C18H33N3. The van der Waals surface area contributed by atoms with E-state index in [-0.39, 0.29) is 0 Å². The van der Waals surface area contributed by atoms with Crippen LogP contribution in [0.15, 0.2) is 12.3 Å². The van der Waals surface area contributed by atoms with Gasteiger partial charge in [-0.15, -0.1) is 0 Å². The van der Waals surface area contributed by atoms with Gasteiger partial charge in [0.25, 0.3) is 0 Å². The monoisotopic (exact) mass is 291 g/mol. The highest BCUT2D eigenvalue weighted by Gasteiger charge is 2.19. The van der Waals surface area contributed by atoms with E-state index in [1.165, 1.54) is 37.1 Å². The number of fused-ring (bicyclic) bond motifs is 1. The van der Waals surface area contributed by atoms with Gasteiger partial charge in [0.15, 0.2) is 0 Å². The Balaban J connectivity index is 0.00000106. The average molecular weight is 291 g/mol. The Morgan fingerprint density at radius 2 is 2.05 bits per heavy atom. The van der Waals surface area contributed by atoms with Crippen molar-refractivity contribution in [2.24, 2.45) is 5.92 Å². The summed E-state index contributed by atoms with van der Waals surface area (Å²) in [5.41, 5.74) is 2.82. The van der Waals surface area contributed by atoms with Crippen molar-refractivity contribution in [3.63, 3.8) is 0 Å². The summed E-state index contributed by atoms with van der Waals surface area (Å²) in [6, 6.07) is 2.19. The fourth-order valence-electron chi connectivity index (χ4n) is 2.69. The van der Waals surface area contributed by atoms with E-state index in [1.807, 2.05) is 20.0 Å². The maximum Gasteiger partial charge on any atom is 0.131 e. The third-order valence-corrected chi connectivity index (χ3v) is 4.12. The van der Waals surface area contributed by atoms with Crippen LogP contribution in [0.4, 0.5) is 11.5 Å². The van der Waals surface area contributed by atoms with Gasteiger partial charge in [0, 0.05) is 37.1 Å². The molecule has 0 saturated carbocycles. The zero-order valence-electron chi connectivity index (χ0n) is 14.6. The van der Waals surface area contributed by atoms with Crippen LogP contribution in [0, 0.1) is 5.92 Å². The molecule has 1 unspecified atom stereocenters. The summed E-state index contributed by atoms with van der Waals surface area (Å²) >= 11 is 0. The Labute approximate surface area is 131 Å². The summed E-state index contributed by atoms with van der Waals surface area (Å²) in [4.78, 5) is 6.99. The Hall–Kier alpha value is -1.25. The maximum absolute atomic E-state index is 4.44. The highest BCUT2D eigenvalue weighted by Crippen LogP contribution is 2.30. The zero-order valence-corrected chi connectivity index (χ0v) is 14.6. The van der Waals surface area contributed by atoms with Gasteiger partial charge in [0.05, 0.1) is 0 Å². The van der Waals surface area contributed by atoms with Crippen LogP contribution < -0.4 is 10.2 Å². The highest BCUT2D eigenvalue weighted by atomic mass is 15.1. The van der Waals surface area contributed by atoms with E-state index in [1.54, 1.807) is 0 Å². The molecule has 120 valence electrons. The number of nitrogens with zero attached hydrogens (tertiary/aromatic N) is 2. The number of rotatable bonds is 7. The van der Waals surface area contributed by atoms with Crippen molar-refractivity contribution in [3.05, 3.63) is 17.8 Å². The molecule has 21 heavy (non-hydrogen) atoms. The van der Waals surface area contributed by atoms with Crippen molar-refractivity contribution in [3.8, 4) is 0 Å². The zero-order chi connectivity index (χ0) is 15.7. The van der Waals surface area contributed by atoms with Gasteiger partial charge in [0.2, 0.25) is 0 Å². The van der Waals surface area contributed by atoms with Crippen molar-refractivity contribution in [2.45, 2.75) is 60.3 Å². The maximum atomic E-state index is 4.44. The Kier molecular flexibility index (Phi) is 8.17. The van der Waals surface area contributed by atoms with Gasteiger partial charge < -0.3 is 10.2 Å². The Bertz CT molecular complexity index is 403. The first-order valence-electron chi connectivity index (χ1n) is 8.73. The molecule has 0 spiro atoms. The standard InChI is InChI=1S/C16H27N3.C2H6/c1-4-11-19(12-8-13(3)5-2)15-7-10-18-16-14(15)6-9-17-16;1-2/h7,10,13H,4-6,8-9,11-12H2,1-3H3,(H,17,18);1-2H3. The number of anilines is 2. The molecule has 3 nitrogen and oxygen atoms in total. The number of hydrogen-bond donors (Lipinski definition) is 1. The fourth-order valence-corrected chi connectivity index (χ4v) is 2.69. The minimum absolute atomic E-state index is 0.812. The predicted molar refractivity (Wildman–Crippen MR) is 94.4 cm³/mol. The van der Waals surface area contributed by atoms with Crippen LogP contribution in [0.5, 0.6) is 0 Å². The quantitative estimate of drug-likeness (QED) is 0.787.